The summed E-state index contributed by atoms with van der Waals surface area (Å²) < 4.78 is 14.9. The number of hydrogen-bond donors (Lipinski definition) is 0. The molecule has 1 saturated heterocycles. The van der Waals surface area contributed by atoms with E-state index in [1.165, 1.54) is 12.1 Å². The van der Waals surface area contributed by atoms with Crippen LogP contribution in [0.25, 0.3) is 16.6 Å². The largest absolute Gasteiger partial charge is 0.370 e. The van der Waals surface area contributed by atoms with Crippen molar-refractivity contribution in [3.63, 3.8) is 0 Å². The van der Waals surface area contributed by atoms with Gasteiger partial charge in [0.05, 0.1) is 16.9 Å². The van der Waals surface area contributed by atoms with E-state index in [4.69, 9.17) is 0 Å². The second-order valence-electron chi connectivity index (χ2n) is 7.90. The van der Waals surface area contributed by atoms with Gasteiger partial charge >= 0.3 is 0 Å². The molecule has 3 heterocycles. The minimum Gasteiger partial charge on any atom is -0.370 e. The lowest BCUT2D eigenvalue weighted by Crippen LogP contribution is -2.35. The molecule has 32 heavy (non-hydrogen) atoms. The van der Waals surface area contributed by atoms with E-state index < -0.39 is 0 Å². The highest BCUT2D eigenvalue weighted by Gasteiger charge is 2.26. The summed E-state index contributed by atoms with van der Waals surface area (Å²) in [4.78, 5) is 21.8. The molecule has 1 aliphatic rings. The van der Waals surface area contributed by atoms with Crippen molar-refractivity contribution >= 4 is 22.5 Å². The Morgan fingerprint density at radius 3 is 2.62 bits per heavy atom. The molecule has 0 saturated carbocycles. The molecule has 5 rings (SSSR count). The molecule has 1 fully saturated rings. The van der Waals surface area contributed by atoms with Crippen LogP contribution >= 0.6 is 0 Å². The average molecular weight is 430 g/mol. The van der Waals surface area contributed by atoms with Crippen LogP contribution in [0.15, 0.2) is 60.8 Å². The predicted octanol–water partition coefficient (Wildman–Crippen LogP) is 3.62. The van der Waals surface area contributed by atoms with E-state index in [1.54, 1.807) is 23.0 Å². The number of benzene rings is 2. The number of carbonyl (C=O) groups excluding carboxylic acids is 1. The normalized spacial score (nSPS) is 14.6. The number of nitrogens with zero attached hydrogens (tertiary/aromatic N) is 6. The Labute approximate surface area is 185 Å². The third kappa shape index (κ3) is 3.68. The van der Waals surface area contributed by atoms with Gasteiger partial charge in [0.2, 0.25) is 0 Å². The van der Waals surface area contributed by atoms with Crippen LogP contribution in [0.2, 0.25) is 0 Å². The van der Waals surface area contributed by atoms with Crippen molar-refractivity contribution in [2.45, 2.75) is 13.3 Å². The maximum atomic E-state index is 13.3. The zero-order valence-electron chi connectivity index (χ0n) is 17.8. The smallest absolute Gasteiger partial charge is 0.276 e. The summed E-state index contributed by atoms with van der Waals surface area (Å²) in [5.41, 5.74) is 3.62. The lowest BCUT2D eigenvalue weighted by atomic mass is 10.2. The van der Waals surface area contributed by atoms with E-state index in [9.17, 15) is 9.18 Å². The first kappa shape index (κ1) is 20.1. The van der Waals surface area contributed by atoms with Gasteiger partial charge in [-0.15, -0.1) is 5.10 Å². The molecule has 1 amide bonds. The molecule has 7 nitrogen and oxygen atoms in total. The lowest BCUT2D eigenvalue weighted by Gasteiger charge is -2.23. The van der Waals surface area contributed by atoms with Crippen LogP contribution < -0.4 is 4.90 Å². The van der Waals surface area contributed by atoms with Gasteiger partial charge in [0.15, 0.2) is 5.69 Å². The minimum absolute atomic E-state index is 0.122. The molecule has 0 unspecified atom stereocenters. The molecule has 0 radical (unpaired) electrons. The highest BCUT2D eigenvalue weighted by molar-refractivity contribution is 5.94. The average Bonchev–Trinajstić information content (AvgIpc) is 3.03. The Bertz CT molecular complexity index is 1260. The quantitative estimate of drug-likeness (QED) is 0.497. The first-order valence-electron chi connectivity index (χ1n) is 10.7. The number of amides is 1. The molecule has 2 aromatic carbocycles. The van der Waals surface area contributed by atoms with Crippen LogP contribution in [-0.4, -0.2) is 57.0 Å². The van der Waals surface area contributed by atoms with Crippen LogP contribution in [0.3, 0.4) is 0 Å². The SMILES string of the molecule is Cc1c(C(=O)N2CCCN(c3ccc(F)cc3)CC2)nnn1-c1cccc2cccnc12. The number of para-hydroxylation sites is 1. The Hall–Kier alpha value is -3.81. The molecule has 162 valence electrons. The van der Waals surface area contributed by atoms with Crippen molar-refractivity contribution in [3.05, 3.63) is 78.0 Å². The van der Waals surface area contributed by atoms with E-state index in [1.807, 2.05) is 42.2 Å². The van der Waals surface area contributed by atoms with Crippen molar-refractivity contribution in [1.82, 2.24) is 24.9 Å². The summed E-state index contributed by atoms with van der Waals surface area (Å²) >= 11 is 0. The summed E-state index contributed by atoms with van der Waals surface area (Å²) in [5, 5.41) is 9.51. The molecular formula is C24H23FN6O. The summed E-state index contributed by atoms with van der Waals surface area (Å²) in [6, 6.07) is 16.2. The zero-order valence-corrected chi connectivity index (χ0v) is 17.8. The van der Waals surface area contributed by atoms with Crippen molar-refractivity contribution in [2.24, 2.45) is 0 Å². The van der Waals surface area contributed by atoms with Gasteiger partial charge in [-0.2, -0.15) is 0 Å². The van der Waals surface area contributed by atoms with E-state index in [0.717, 1.165) is 35.2 Å². The van der Waals surface area contributed by atoms with Crippen LogP contribution in [0, 0.1) is 12.7 Å². The standard InChI is InChI=1S/C24H23FN6O/c1-17-22(27-28-31(17)21-7-2-5-18-6-3-12-26-23(18)21)24(32)30-14-4-13-29(15-16-30)20-10-8-19(25)9-11-20/h2-3,5-12H,4,13-16H2,1H3. The van der Waals surface area contributed by atoms with Gasteiger partial charge in [-0.05, 0) is 49.7 Å². The van der Waals surface area contributed by atoms with Crippen LogP contribution in [0.5, 0.6) is 0 Å². The molecule has 0 N–H and O–H groups in total. The number of rotatable bonds is 3. The predicted molar refractivity (Wildman–Crippen MR) is 121 cm³/mol. The molecule has 0 atom stereocenters. The van der Waals surface area contributed by atoms with Gasteiger partial charge in [0.1, 0.15) is 5.82 Å². The van der Waals surface area contributed by atoms with E-state index in [2.05, 4.69) is 20.2 Å². The Morgan fingerprint density at radius 1 is 0.969 bits per heavy atom. The fraction of sp³-hybridized carbons (Fsp3) is 0.250. The second kappa shape index (κ2) is 8.37. The summed E-state index contributed by atoms with van der Waals surface area (Å²) in [6.07, 6.45) is 2.57. The van der Waals surface area contributed by atoms with Gasteiger partial charge in [-0.1, -0.05) is 23.4 Å². The molecule has 0 bridgehead atoms. The molecule has 2 aromatic heterocycles. The maximum absolute atomic E-state index is 13.3. The van der Waals surface area contributed by atoms with Crippen molar-refractivity contribution in [1.29, 1.82) is 0 Å². The molecule has 0 aliphatic carbocycles. The number of pyridine rings is 1. The van der Waals surface area contributed by atoms with Gasteiger partial charge in [0, 0.05) is 43.4 Å². The van der Waals surface area contributed by atoms with Gasteiger partial charge in [0.25, 0.3) is 5.91 Å². The second-order valence-corrected chi connectivity index (χ2v) is 7.90. The Kier molecular flexibility index (Phi) is 5.26. The highest BCUT2D eigenvalue weighted by atomic mass is 19.1. The van der Waals surface area contributed by atoms with E-state index in [-0.39, 0.29) is 11.7 Å². The fourth-order valence-corrected chi connectivity index (χ4v) is 4.20. The van der Waals surface area contributed by atoms with Crippen LogP contribution in [0.1, 0.15) is 22.6 Å². The highest BCUT2D eigenvalue weighted by Crippen LogP contribution is 2.22. The summed E-state index contributed by atoms with van der Waals surface area (Å²) in [7, 11) is 0. The maximum Gasteiger partial charge on any atom is 0.276 e. The van der Waals surface area contributed by atoms with Crippen LogP contribution in [0.4, 0.5) is 10.1 Å². The van der Waals surface area contributed by atoms with Crippen LogP contribution in [-0.2, 0) is 0 Å². The third-order valence-electron chi connectivity index (χ3n) is 5.91. The number of carbonyl (C=O) groups is 1. The first-order chi connectivity index (χ1) is 15.6. The Morgan fingerprint density at radius 2 is 1.78 bits per heavy atom. The summed E-state index contributed by atoms with van der Waals surface area (Å²) in [5.74, 6) is -0.372. The van der Waals surface area contributed by atoms with Gasteiger partial charge in [-0.25, -0.2) is 9.07 Å². The lowest BCUT2D eigenvalue weighted by molar-refractivity contribution is 0.0760. The minimum atomic E-state index is -0.250. The van der Waals surface area contributed by atoms with Gasteiger partial charge < -0.3 is 9.80 Å². The molecule has 1 aliphatic heterocycles. The molecule has 0 spiro atoms. The number of aromatic nitrogens is 4. The topological polar surface area (TPSA) is 67.2 Å². The van der Waals surface area contributed by atoms with E-state index in [0.29, 0.717) is 31.0 Å². The van der Waals surface area contributed by atoms with Crippen molar-refractivity contribution in [3.8, 4) is 5.69 Å². The molecular weight excluding hydrogens is 407 g/mol. The number of halogens is 1. The number of hydrogen-bond acceptors (Lipinski definition) is 5. The van der Waals surface area contributed by atoms with Crippen molar-refractivity contribution < 1.29 is 9.18 Å². The number of anilines is 1. The van der Waals surface area contributed by atoms with E-state index >= 15 is 0 Å². The fourth-order valence-electron chi connectivity index (χ4n) is 4.20. The molecule has 4 aromatic rings. The van der Waals surface area contributed by atoms with Gasteiger partial charge in [-0.3, -0.25) is 9.78 Å². The monoisotopic (exact) mass is 430 g/mol. The molecule has 8 heteroatoms. The summed E-state index contributed by atoms with van der Waals surface area (Å²) in [6.45, 7) is 4.55. The first-order valence-corrected chi connectivity index (χ1v) is 10.7. The Balaban J connectivity index is 1.37. The van der Waals surface area contributed by atoms with Crippen molar-refractivity contribution in [2.75, 3.05) is 31.1 Å². The third-order valence-corrected chi connectivity index (χ3v) is 5.91. The zero-order chi connectivity index (χ0) is 22.1. The number of fused-ring (bicyclic) bond motifs is 1.